The van der Waals surface area contributed by atoms with Gasteiger partial charge in [-0.1, -0.05) is 0 Å². The van der Waals surface area contributed by atoms with Crippen molar-refractivity contribution in [3.63, 3.8) is 0 Å². The Bertz CT molecular complexity index is 697. The van der Waals surface area contributed by atoms with Crippen molar-refractivity contribution in [1.82, 2.24) is 29.5 Å². The topological polar surface area (TPSA) is 57.5 Å². The summed E-state index contributed by atoms with van der Waals surface area (Å²) in [5.41, 5.74) is 1.69. The molecule has 1 saturated heterocycles. The minimum absolute atomic E-state index is 0.117. The van der Waals surface area contributed by atoms with Gasteiger partial charge in [0.15, 0.2) is 0 Å². The molecule has 1 aliphatic rings. The van der Waals surface area contributed by atoms with Crippen LogP contribution in [0.3, 0.4) is 0 Å². The molecule has 1 fully saturated rings. The Balaban J connectivity index is 1.62. The van der Waals surface area contributed by atoms with Gasteiger partial charge in [0.1, 0.15) is 12.7 Å². The fourth-order valence-corrected chi connectivity index (χ4v) is 3.33. The van der Waals surface area contributed by atoms with Gasteiger partial charge in [-0.15, -0.1) is 10.2 Å². The highest BCUT2D eigenvalue weighted by atomic mass is 16.2. The Labute approximate surface area is 155 Å². The molecule has 7 heteroatoms. The molecule has 1 aromatic heterocycles. The third-order valence-electron chi connectivity index (χ3n) is 5.04. The minimum Gasteiger partial charge on any atom is -0.337 e. The Kier molecular flexibility index (Phi) is 6.00. The van der Waals surface area contributed by atoms with Gasteiger partial charge in [0.05, 0.1) is 0 Å². The lowest BCUT2D eigenvalue weighted by Crippen LogP contribution is -2.49. The first-order valence-corrected chi connectivity index (χ1v) is 9.14. The second-order valence-corrected chi connectivity index (χ2v) is 7.25. The first-order chi connectivity index (χ1) is 12.5. The van der Waals surface area contributed by atoms with E-state index in [4.69, 9.17) is 0 Å². The van der Waals surface area contributed by atoms with Crippen molar-refractivity contribution in [2.75, 3.05) is 47.3 Å². The van der Waals surface area contributed by atoms with Crippen LogP contribution in [0.15, 0.2) is 36.9 Å². The van der Waals surface area contributed by atoms with Crippen LogP contribution in [0, 0.1) is 0 Å². The Morgan fingerprint density at radius 3 is 2.46 bits per heavy atom. The van der Waals surface area contributed by atoms with Crippen LogP contribution in [0.2, 0.25) is 0 Å². The molecule has 1 amide bonds. The molecule has 2 aromatic rings. The third-order valence-corrected chi connectivity index (χ3v) is 5.04. The predicted octanol–water partition coefficient (Wildman–Crippen LogP) is 1.37. The summed E-state index contributed by atoms with van der Waals surface area (Å²) in [6.45, 7) is 3.69. The molecule has 0 bridgehead atoms. The highest BCUT2D eigenvalue weighted by molar-refractivity contribution is 5.94. The van der Waals surface area contributed by atoms with Gasteiger partial charge < -0.3 is 14.7 Å². The van der Waals surface area contributed by atoms with Crippen LogP contribution >= 0.6 is 0 Å². The van der Waals surface area contributed by atoms with E-state index in [0.29, 0.717) is 6.04 Å². The first-order valence-electron chi connectivity index (χ1n) is 9.14. The summed E-state index contributed by atoms with van der Waals surface area (Å²) >= 11 is 0. The Morgan fingerprint density at radius 1 is 1.12 bits per heavy atom. The van der Waals surface area contributed by atoms with Crippen molar-refractivity contribution in [1.29, 1.82) is 0 Å². The number of rotatable bonds is 6. The molecule has 140 valence electrons. The van der Waals surface area contributed by atoms with Crippen LogP contribution in [-0.2, 0) is 0 Å². The molecule has 1 aliphatic heterocycles. The van der Waals surface area contributed by atoms with E-state index in [2.05, 4.69) is 41.1 Å². The standard InChI is InChI=1S/C19H28N6O/c1-22(2)11-12-23(3)18-5-4-10-24(13-18)19(26)16-6-8-17(9-7-16)25-14-20-21-15-25/h6-9,14-15,18H,4-5,10-13H2,1-3H3. The van der Waals surface area contributed by atoms with Crippen molar-refractivity contribution in [2.24, 2.45) is 0 Å². The maximum atomic E-state index is 12.9. The maximum Gasteiger partial charge on any atom is 0.253 e. The maximum absolute atomic E-state index is 12.9. The average Bonchev–Trinajstić information content (AvgIpc) is 3.20. The summed E-state index contributed by atoms with van der Waals surface area (Å²) in [5, 5.41) is 7.62. The zero-order valence-electron chi connectivity index (χ0n) is 15.9. The van der Waals surface area contributed by atoms with Crippen LogP contribution in [0.5, 0.6) is 0 Å². The lowest BCUT2D eigenvalue weighted by molar-refractivity contribution is 0.0603. The number of benzene rings is 1. The van der Waals surface area contributed by atoms with Gasteiger partial charge in [-0.25, -0.2) is 0 Å². The van der Waals surface area contributed by atoms with E-state index < -0.39 is 0 Å². The number of amides is 1. The van der Waals surface area contributed by atoms with E-state index in [0.717, 1.165) is 50.3 Å². The van der Waals surface area contributed by atoms with E-state index in [1.54, 1.807) is 12.7 Å². The van der Waals surface area contributed by atoms with Crippen molar-refractivity contribution in [2.45, 2.75) is 18.9 Å². The van der Waals surface area contributed by atoms with Gasteiger partial charge in [0.2, 0.25) is 0 Å². The number of hydrogen-bond acceptors (Lipinski definition) is 5. The molecule has 1 unspecified atom stereocenters. The molecule has 0 N–H and O–H groups in total. The zero-order chi connectivity index (χ0) is 18.5. The number of hydrogen-bond donors (Lipinski definition) is 0. The number of aromatic nitrogens is 3. The smallest absolute Gasteiger partial charge is 0.253 e. The van der Waals surface area contributed by atoms with Gasteiger partial charge in [0, 0.05) is 43.5 Å². The summed E-state index contributed by atoms with van der Waals surface area (Å²) in [6.07, 6.45) is 5.51. The molecule has 7 nitrogen and oxygen atoms in total. The molecule has 1 atom stereocenters. The monoisotopic (exact) mass is 356 g/mol. The normalized spacial score (nSPS) is 17.9. The average molecular weight is 356 g/mol. The van der Waals surface area contributed by atoms with Gasteiger partial charge in [-0.05, 0) is 58.3 Å². The summed E-state index contributed by atoms with van der Waals surface area (Å²) in [7, 11) is 6.35. The molecule has 0 radical (unpaired) electrons. The number of likely N-dealkylation sites (tertiary alicyclic amines) is 1. The SMILES string of the molecule is CN(C)CCN(C)C1CCCN(C(=O)c2ccc(-n3cnnc3)cc2)C1. The van der Waals surface area contributed by atoms with Crippen LogP contribution in [0.1, 0.15) is 23.2 Å². The largest absolute Gasteiger partial charge is 0.337 e. The highest BCUT2D eigenvalue weighted by Gasteiger charge is 2.26. The lowest BCUT2D eigenvalue weighted by atomic mass is 10.0. The second-order valence-electron chi connectivity index (χ2n) is 7.25. The fraction of sp³-hybridized carbons (Fsp3) is 0.526. The second kappa shape index (κ2) is 8.42. The van der Waals surface area contributed by atoms with Gasteiger partial charge >= 0.3 is 0 Å². The number of carbonyl (C=O) groups is 1. The van der Waals surface area contributed by atoms with Crippen molar-refractivity contribution >= 4 is 5.91 Å². The van der Waals surface area contributed by atoms with Crippen molar-refractivity contribution in [3.05, 3.63) is 42.5 Å². The van der Waals surface area contributed by atoms with Crippen LogP contribution in [0.25, 0.3) is 5.69 Å². The summed E-state index contributed by atoms with van der Waals surface area (Å²) in [6, 6.07) is 8.07. The van der Waals surface area contributed by atoms with Crippen LogP contribution < -0.4 is 0 Å². The van der Waals surface area contributed by atoms with E-state index in [-0.39, 0.29) is 5.91 Å². The van der Waals surface area contributed by atoms with Crippen molar-refractivity contribution in [3.8, 4) is 5.69 Å². The van der Waals surface area contributed by atoms with Gasteiger partial charge in [-0.2, -0.15) is 0 Å². The predicted molar refractivity (Wildman–Crippen MR) is 101 cm³/mol. The van der Waals surface area contributed by atoms with Crippen LogP contribution in [0.4, 0.5) is 0 Å². The minimum atomic E-state index is 0.117. The van der Waals surface area contributed by atoms with Gasteiger partial charge in [0.25, 0.3) is 5.91 Å². The van der Waals surface area contributed by atoms with E-state index in [1.165, 1.54) is 0 Å². The fourth-order valence-electron chi connectivity index (χ4n) is 3.33. The molecule has 0 saturated carbocycles. The molecular weight excluding hydrogens is 328 g/mol. The first kappa shape index (κ1) is 18.5. The molecule has 26 heavy (non-hydrogen) atoms. The molecule has 1 aromatic carbocycles. The number of nitrogens with zero attached hydrogens (tertiary/aromatic N) is 6. The molecule has 3 rings (SSSR count). The van der Waals surface area contributed by atoms with E-state index in [9.17, 15) is 4.79 Å². The third kappa shape index (κ3) is 4.47. The number of likely N-dealkylation sites (N-methyl/N-ethyl adjacent to an activating group) is 2. The highest BCUT2D eigenvalue weighted by Crippen LogP contribution is 2.18. The summed E-state index contributed by atoms with van der Waals surface area (Å²) < 4.78 is 1.82. The number of piperidine rings is 1. The molecule has 0 aliphatic carbocycles. The van der Waals surface area contributed by atoms with Gasteiger partial charge in [-0.3, -0.25) is 9.36 Å². The van der Waals surface area contributed by atoms with Crippen LogP contribution in [-0.4, -0.2) is 88.7 Å². The molecule has 2 heterocycles. The van der Waals surface area contributed by atoms with E-state index in [1.807, 2.05) is 33.7 Å². The zero-order valence-corrected chi connectivity index (χ0v) is 15.9. The summed E-state index contributed by atoms with van der Waals surface area (Å²) in [5.74, 6) is 0.117. The molecule has 0 spiro atoms. The van der Waals surface area contributed by atoms with E-state index >= 15 is 0 Å². The summed E-state index contributed by atoms with van der Waals surface area (Å²) in [4.78, 5) is 19.5. The van der Waals surface area contributed by atoms with Crippen molar-refractivity contribution < 1.29 is 4.79 Å². The lowest BCUT2D eigenvalue weighted by Gasteiger charge is -2.38. The molecular formula is C19H28N6O. The number of carbonyl (C=O) groups excluding carboxylic acids is 1. The Hall–Kier alpha value is -2.25. The quantitative estimate of drug-likeness (QED) is 0.782. The Morgan fingerprint density at radius 2 is 1.81 bits per heavy atom.